The number of hydrogen-bond donors (Lipinski definition) is 1. The van der Waals surface area contributed by atoms with Crippen LogP contribution in [0.2, 0.25) is 0 Å². The van der Waals surface area contributed by atoms with Gasteiger partial charge in [0.2, 0.25) is 0 Å². The number of para-hydroxylation sites is 3. The highest BCUT2D eigenvalue weighted by Crippen LogP contribution is 2.48. The third kappa shape index (κ3) is 3.59. The van der Waals surface area contributed by atoms with Crippen LogP contribution in [0, 0.1) is 12.7 Å². The lowest BCUT2D eigenvalue weighted by molar-refractivity contribution is 0.628. The maximum Gasteiger partial charge on any atom is 0.179 e. The summed E-state index contributed by atoms with van der Waals surface area (Å²) >= 11 is 0. The lowest BCUT2D eigenvalue weighted by Gasteiger charge is -2.40. The highest BCUT2D eigenvalue weighted by Gasteiger charge is 2.41. The van der Waals surface area contributed by atoms with Crippen molar-refractivity contribution in [2.24, 2.45) is 9.98 Å². The minimum atomic E-state index is -0.323. The van der Waals surface area contributed by atoms with E-state index in [1.807, 2.05) is 84.4 Å². The predicted molar refractivity (Wildman–Crippen MR) is 150 cm³/mol. The van der Waals surface area contributed by atoms with Crippen LogP contribution in [-0.4, -0.2) is 21.5 Å². The number of benzene rings is 4. The quantitative estimate of drug-likeness (QED) is 0.288. The molecule has 0 amide bonds. The molecule has 1 N–H and O–H groups in total. The number of hydrogen-bond acceptors (Lipinski definition) is 5. The van der Waals surface area contributed by atoms with Gasteiger partial charge in [0, 0.05) is 11.3 Å². The van der Waals surface area contributed by atoms with Gasteiger partial charge in [0.25, 0.3) is 0 Å². The number of aryl methyl sites for hydroxylation is 1. The first-order valence-corrected chi connectivity index (χ1v) is 12.5. The molecule has 3 heterocycles. The fourth-order valence-corrected chi connectivity index (χ4v) is 5.20. The summed E-state index contributed by atoms with van der Waals surface area (Å²) in [4.78, 5) is 12.4. The van der Waals surface area contributed by atoms with Crippen LogP contribution < -0.4 is 10.2 Å². The van der Waals surface area contributed by atoms with Crippen LogP contribution in [0.25, 0.3) is 5.69 Å². The van der Waals surface area contributed by atoms with Gasteiger partial charge in [0.15, 0.2) is 17.5 Å². The van der Waals surface area contributed by atoms with Crippen LogP contribution in [0.4, 0.5) is 27.3 Å². The molecule has 0 radical (unpaired) electrons. The molecular weight excluding hydrogens is 475 g/mol. The van der Waals surface area contributed by atoms with Crippen molar-refractivity contribution in [1.82, 2.24) is 9.78 Å². The van der Waals surface area contributed by atoms with E-state index in [1.54, 1.807) is 6.07 Å². The monoisotopic (exact) mass is 498 g/mol. The minimum absolute atomic E-state index is 0.197. The van der Waals surface area contributed by atoms with E-state index in [0.717, 1.165) is 39.7 Å². The van der Waals surface area contributed by atoms with Crippen molar-refractivity contribution in [2.45, 2.75) is 13.0 Å². The molecule has 2 aliphatic rings. The summed E-state index contributed by atoms with van der Waals surface area (Å²) in [6.07, 6.45) is 0. The van der Waals surface area contributed by atoms with Gasteiger partial charge in [-0.05, 0) is 55.0 Å². The first-order valence-electron chi connectivity index (χ1n) is 12.5. The smallest absolute Gasteiger partial charge is 0.179 e. The molecule has 7 heteroatoms. The Morgan fingerprint density at radius 2 is 1.53 bits per heavy atom. The van der Waals surface area contributed by atoms with Gasteiger partial charge in [-0.15, -0.1) is 0 Å². The Morgan fingerprint density at radius 3 is 2.32 bits per heavy atom. The van der Waals surface area contributed by atoms with Crippen LogP contribution in [0.15, 0.2) is 119 Å². The number of aliphatic imine (C=N–C) groups is 2. The molecular formula is C31H23FN6. The molecule has 1 aromatic heterocycles. The van der Waals surface area contributed by atoms with Gasteiger partial charge in [-0.3, -0.25) is 0 Å². The Balaban J connectivity index is 1.50. The zero-order valence-corrected chi connectivity index (χ0v) is 20.6. The Hall–Kier alpha value is -5.04. The molecule has 4 aromatic carbocycles. The van der Waals surface area contributed by atoms with Crippen molar-refractivity contribution >= 4 is 34.6 Å². The molecule has 0 saturated carbocycles. The van der Waals surface area contributed by atoms with Gasteiger partial charge in [0.05, 0.1) is 28.8 Å². The van der Waals surface area contributed by atoms with Gasteiger partial charge >= 0.3 is 0 Å². The SMILES string of the molecule is Cc1nn(-c2ccccc2)c2c1C(c1ccccc1)N1C(=N2)C(Nc2cccc(F)c2)=Nc2ccccc21. The second kappa shape index (κ2) is 8.81. The van der Waals surface area contributed by atoms with E-state index >= 15 is 0 Å². The number of fused-ring (bicyclic) bond motifs is 4. The standard InChI is InChI=1S/C31H23FN6/c1-20-27-28(21-11-4-2-5-12-21)37-26-18-9-8-17-25(26)34-29(33-23-14-10-13-22(32)19-23)31(37)35-30(27)38(36-20)24-15-6-3-7-16-24/h2-19,28H,1H3,(H,33,34). The number of aromatic nitrogens is 2. The molecule has 2 aliphatic heterocycles. The van der Waals surface area contributed by atoms with E-state index in [1.165, 1.54) is 12.1 Å². The predicted octanol–water partition coefficient (Wildman–Crippen LogP) is 7.12. The molecule has 0 bridgehead atoms. The molecule has 0 spiro atoms. The Morgan fingerprint density at radius 1 is 0.789 bits per heavy atom. The van der Waals surface area contributed by atoms with Crippen LogP contribution >= 0.6 is 0 Å². The number of rotatable bonds is 3. The number of anilines is 2. The molecule has 38 heavy (non-hydrogen) atoms. The van der Waals surface area contributed by atoms with E-state index in [2.05, 4.69) is 28.4 Å². The number of halogens is 1. The minimum Gasteiger partial charge on any atom is -0.337 e. The average Bonchev–Trinajstić information content (AvgIpc) is 3.29. The zero-order chi connectivity index (χ0) is 25.6. The summed E-state index contributed by atoms with van der Waals surface area (Å²) in [7, 11) is 0. The fourth-order valence-electron chi connectivity index (χ4n) is 5.20. The van der Waals surface area contributed by atoms with Crippen LogP contribution in [0.5, 0.6) is 0 Å². The van der Waals surface area contributed by atoms with E-state index in [-0.39, 0.29) is 11.9 Å². The van der Waals surface area contributed by atoms with Gasteiger partial charge in [0.1, 0.15) is 5.82 Å². The highest BCUT2D eigenvalue weighted by molar-refractivity contribution is 6.51. The summed E-state index contributed by atoms with van der Waals surface area (Å²) in [6.45, 7) is 2.03. The third-order valence-corrected chi connectivity index (χ3v) is 6.84. The molecule has 7 rings (SSSR count). The maximum absolute atomic E-state index is 14.1. The fraction of sp³-hybridized carbons (Fsp3) is 0.0645. The van der Waals surface area contributed by atoms with Crippen LogP contribution in [0.3, 0.4) is 0 Å². The summed E-state index contributed by atoms with van der Waals surface area (Å²) in [5.41, 5.74) is 6.32. The molecule has 1 atom stereocenters. The lowest BCUT2D eigenvalue weighted by Crippen LogP contribution is -2.46. The molecule has 6 nitrogen and oxygen atoms in total. The first-order chi connectivity index (χ1) is 18.7. The molecule has 5 aromatic rings. The summed E-state index contributed by atoms with van der Waals surface area (Å²) in [5, 5.41) is 8.28. The van der Waals surface area contributed by atoms with Crippen LogP contribution in [-0.2, 0) is 0 Å². The molecule has 184 valence electrons. The van der Waals surface area contributed by atoms with Crippen molar-refractivity contribution in [3.05, 3.63) is 132 Å². The van der Waals surface area contributed by atoms with Gasteiger partial charge < -0.3 is 10.2 Å². The maximum atomic E-state index is 14.1. The van der Waals surface area contributed by atoms with Gasteiger partial charge in [-0.1, -0.05) is 66.7 Å². The zero-order valence-electron chi connectivity index (χ0n) is 20.6. The summed E-state index contributed by atoms with van der Waals surface area (Å²) in [6, 6.07) is 34.6. The highest BCUT2D eigenvalue weighted by atomic mass is 19.1. The van der Waals surface area contributed by atoms with E-state index in [0.29, 0.717) is 17.4 Å². The number of nitrogens with zero attached hydrogens (tertiary/aromatic N) is 5. The second-order valence-electron chi connectivity index (χ2n) is 9.27. The lowest BCUT2D eigenvalue weighted by atomic mass is 9.93. The molecule has 0 fully saturated rings. The van der Waals surface area contributed by atoms with Gasteiger partial charge in [-0.25, -0.2) is 19.1 Å². The largest absolute Gasteiger partial charge is 0.337 e. The van der Waals surface area contributed by atoms with Crippen molar-refractivity contribution < 1.29 is 4.39 Å². The van der Waals surface area contributed by atoms with E-state index in [4.69, 9.17) is 15.1 Å². The van der Waals surface area contributed by atoms with E-state index < -0.39 is 0 Å². The molecule has 0 aliphatic carbocycles. The summed E-state index contributed by atoms with van der Waals surface area (Å²) < 4.78 is 16.0. The second-order valence-corrected chi connectivity index (χ2v) is 9.27. The van der Waals surface area contributed by atoms with Crippen molar-refractivity contribution in [3.8, 4) is 5.69 Å². The van der Waals surface area contributed by atoms with Crippen LogP contribution in [0.1, 0.15) is 22.9 Å². The first kappa shape index (κ1) is 22.2. The Kier molecular flexibility index (Phi) is 5.14. The Labute approximate surface area is 219 Å². The summed E-state index contributed by atoms with van der Waals surface area (Å²) in [5.74, 6) is 1.61. The van der Waals surface area contributed by atoms with Crippen molar-refractivity contribution in [2.75, 3.05) is 10.2 Å². The third-order valence-electron chi connectivity index (χ3n) is 6.84. The van der Waals surface area contributed by atoms with Gasteiger partial charge in [-0.2, -0.15) is 5.10 Å². The number of nitrogens with one attached hydrogen (secondary N) is 1. The Bertz CT molecular complexity index is 1720. The average molecular weight is 499 g/mol. The van der Waals surface area contributed by atoms with E-state index in [9.17, 15) is 4.39 Å². The topological polar surface area (TPSA) is 57.8 Å². The molecule has 1 unspecified atom stereocenters. The molecule has 0 saturated heterocycles. The van der Waals surface area contributed by atoms with Crippen molar-refractivity contribution in [1.29, 1.82) is 0 Å². The number of amidine groups is 2. The normalized spacial score (nSPS) is 15.6. The van der Waals surface area contributed by atoms with Crippen molar-refractivity contribution in [3.63, 3.8) is 0 Å².